The Kier molecular flexibility index (Phi) is 4.27. The summed E-state index contributed by atoms with van der Waals surface area (Å²) >= 11 is 0. The number of nitrogens with zero attached hydrogens (tertiary/aromatic N) is 3. The minimum Gasteiger partial charge on any atom is -0.352 e. The minimum absolute atomic E-state index is 0.0297. The molecule has 2 aromatic heterocycles. The molecule has 7 nitrogen and oxygen atoms in total. The first-order chi connectivity index (χ1) is 11.0. The van der Waals surface area contributed by atoms with Crippen molar-refractivity contribution < 1.29 is 4.79 Å². The molecule has 0 radical (unpaired) electrons. The molecule has 0 fully saturated rings. The zero-order valence-electron chi connectivity index (χ0n) is 13.4. The van der Waals surface area contributed by atoms with E-state index < -0.39 is 0 Å². The Bertz CT molecular complexity index is 777. The second kappa shape index (κ2) is 6.36. The van der Waals surface area contributed by atoms with Crippen LogP contribution in [0.3, 0.4) is 0 Å². The average Bonchev–Trinajstić information content (AvgIpc) is 2.93. The second-order valence-electron chi connectivity index (χ2n) is 6.01. The lowest BCUT2D eigenvalue weighted by Gasteiger charge is -2.24. The minimum atomic E-state index is -0.150. The fourth-order valence-corrected chi connectivity index (χ4v) is 3.07. The van der Waals surface area contributed by atoms with Gasteiger partial charge in [-0.1, -0.05) is 0 Å². The van der Waals surface area contributed by atoms with E-state index in [4.69, 9.17) is 0 Å². The third-order valence-corrected chi connectivity index (χ3v) is 4.24. The number of nitrogens with one attached hydrogen (secondary N) is 2. The lowest BCUT2D eigenvalue weighted by Crippen LogP contribution is -2.41. The molecule has 3 rings (SSSR count). The first-order valence-electron chi connectivity index (χ1n) is 7.88. The van der Waals surface area contributed by atoms with Crippen molar-refractivity contribution in [3.63, 3.8) is 0 Å². The second-order valence-corrected chi connectivity index (χ2v) is 6.01. The van der Waals surface area contributed by atoms with E-state index in [1.165, 1.54) is 0 Å². The molecule has 0 aromatic carbocycles. The van der Waals surface area contributed by atoms with Crippen LogP contribution in [0.2, 0.25) is 0 Å². The largest absolute Gasteiger partial charge is 0.352 e. The number of amides is 1. The third-order valence-electron chi connectivity index (χ3n) is 4.24. The Hall–Kier alpha value is -2.44. The summed E-state index contributed by atoms with van der Waals surface area (Å²) in [5.74, 6) is 1.64. The number of H-pyrrole nitrogens is 1. The van der Waals surface area contributed by atoms with Crippen LogP contribution in [0.1, 0.15) is 35.7 Å². The Labute approximate surface area is 134 Å². The van der Waals surface area contributed by atoms with Gasteiger partial charge in [-0.15, -0.1) is 0 Å². The number of carbonyl (C=O) groups excluding carboxylic acids is 1. The number of carbonyl (C=O) groups is 1. The molecule has 23 heavy (non-hydrogen) atoms. The number of aromatic amines is 1. The Morgan fingerprint density at radius 3 is 3.09 bits per heavy atom. The quantitative estimate of drug-likeness (QED) is 0.866. The third kappa shape index (κ3) is 3.49. The number of aromatic nitrogens is 4. The fourth-order valence-electron chi connectivity index (χ4n) is 3.07. The van der Waals surface area contributed by atoms with Crippen LogP contribution >= 0.6 is 0 Å². The molecule has 1 aliphatic heterocycles. The summed E-state index contributed by atoms with van der Waals surface area (Å²) in [6.07, 6.45) is 6.20. The lowest BCUT2D eigenvalue weighted by molar-refractivity contribution is -0.122. The normalized spacial score (nSPS) is 16.9. The molecular weight excluding hydrogens is 294 g/mol. The van der Waals surface area contributed by atoms with E-state index in [1.807, 2.05) is 6.20 Å². The van der Waals surface area contributed by atoms with Crippen molar-refractivity contribution in [1.29, 1.82) is 0 Å². The zero-order valence-corrected chi connectivity index (χ0v) is 13.4. The van der Waals surface area contributed by atoms with Crippen molar-refractivity contribution in [2.45, 2.75) is 52.1 Å². The van der Waals surface area contributed by atoms with Gasteiger partial charge in [0, 0.05) is 49.1 Å². The summed E-state index contributed by atoms with van der Waals surface area (Å²) in [7, 11) is 0. The Balaban J connectivity index is 1.56. The molecule has 0 saturated carbocycles. The Morgan fingerprint density at radius 2 is 2.30 bits per heavy atom. The fraction of sp³-hybridized carbons (Fsp3) is 0.500. The van der Waals surface area contributed by atoms with Crippen LogP contribution in [0.5, 0.6) is 0 Å². The van der Waals surface area contributed by atoms with Crippen molar-refractivity contribution in [3.05, 3.63) is 45.7 Å². The number of hydrogen-bond acceptors (Lipinski definition) is 4. The van der Waals surface area contributed by atoms with Gasteiger partial charge in [0.1, 0.15) is 11.6 Å². The van der Waals surface area contributed by atoms with Crippen LogP contribution in [0.15, 0.2) is 17.2 Å². The van der Waals surface area contributed by atoms with Crippen LogP contribution in [-0.2, 0) is 24.2 Å². The van der Waals surface area contributed by atoms with Gasteiger partial charge in [-0.05, 0) is 26.7 Å². The van der Waals surface area contributed by atoms with Gasteiger partial charge in [-0.3, -0.25) is 9.59 Å². The summed E-state index contributed by atoms with van der Waals surface area (Å²) in [5, 5.41) is 3.05. The number of aryl methyl sites for hydroxylation is 3. The number of rotatable bonds is 4. The van der Waals surface area contributed by atoms with E-state index in [0.29, 0.717) is 29.9 Å². The molecule has 1 aliphatic rings. The summed E-state index contributed by atoms with van der Waals surface area (Å²) < 4.78 is 2.08. The summed E-state index contributed by atoms with van der Waals surface area (Å²) in [5.41, 5.74) is 1.13. The summed E-state index contributed by atoms with van der Waals surface area (Å²) in [6.45, 7) is 4.31. The topological polar surface area (TPSA) is 92.7 Å². The molecular formula is C16H21N5O2. The first kappa shape index (κ1) is 15.5. The highest BCUT2D eigenvalue weighted by atomic mass is 16.1. The van der Waals surface area contributed by atoms with Crippen molar-refractivity contribution in [3.8, 4) is 0 Å². The van der Waals surface area contributed by atoms with E-state index in [1.54, 1.807) is 20.0 Å². The first-order valence-corrected chi connectivity index (χ1v) is 7.88. The van der Waals surface area contributed by atoms with Gasteiger partial charge >= 0.3 is 0 Å². The van der Waals surface area contributed by atoms with Gasteiger partial charge in [-0.25, -0.2) is 9.97 Å². The van der Waals surface area contributed by atoms with Crippen molar-refractivity contribution in [1.82, 2.24) is 24.8 Å². The zero-order chi connectivity index (χ0) is 16.4. The maximum absolute atomic E-state index is 12.2. The van der Waals surface area contributed by atoms with Crippen LogP contribution in [0.4, 0.5) is 0 Å². The monoisotopic (exact) mass is 315 g/mol. The van der Waals surface area contributed by atoms with Gasteiger partial charge in [0.2, 0.25) is 5.91 Å². The molecule has 122 valence electrons. The highest BCUT2D eigenvalue weighted by Crippen LogP contribution is 2.13. The molecule has 2 N–H and O–H groups in total. The SMILES string of the molecule is Cc1nc(C)c(CCC(=O)NC2CCc3nccn3C2)c(=O)[nH]1. The van der Waals surface area contributed by atoms with Gasteiger partial charge in [0.15, 0.2) is 0 Å². The van der Waals surface area contributed by atoms with E-state index in [2.05, 4.69) is 24.8 Å². The molecule has 0 saturated heterocycles. The highest BCUT2D eigenvalue weighted by molar-refractivity contribution is 5.76. The van der Waals surface area contributed by atoms with E-state index >= 15 is 0 Å². The smallest absolute Gasteiger partial charge is 0.254 e. The molecule has 3 heterocycles. The maximum atomic E-state index is 12.2. The molecule has 0 aliphatic carbocycles. The Morgan fingerprint density at radius 1 is 1.48 bits per heavy atom. The van der Waals surface area contributed by atoms with Crippen molar-refractivity contribution >= 4 is 5.91 Å². The maximum Gasteiger partial charge on any atom is 0.254 e. The van der Waals surface area contributed by atoms with E-state index in [9.17, 15) is 9.59 Å². The van der Waals surface area contributed by atoms with E-state index in [-0.39, 0.29) is 17.5 Å². The van der Waals surface area contributed by atoms with Gasteiger partial charge < -0.3 is 14.9 Å². The molecule has 1 unspecified atom stereocenters. The van der Waals surface area contributed by atoms with Crippen molar-refractivity contribution in [2.24, 2.45) is 0 Å². The summed E-state index contributed by atoms with van der Waals surface area (Å²) in [6, 6.07) is 0.125. The standard InChI is InChI=1S/C16H21N5O2/c1-10-13(16(23)19-11(2)18-10)4-6-15(22)20-12-3-5-14-17-7-8-21(14)9-12/h7-8,12H,3-6,9H2,1-2H3,(H,20,22)(H,18,19,23). The average molecular weight is 315 g/mol. The predicted molar refractivity (Wildman–Crippen MR) is 85.1 cm³/mol. The van der Waals surface area contributed by atoms with Crippen molar-refractivity contribution in [2.75, 3.05) is 0 Å². The lowest BCUT2D eigenvalue weighted by atomic mass is 10.1. The summed E-state index contributed by atoms with van der Waals surface area (Å²) in [4.78, 5) is 35.3. The number of fused-ring (bicyclic) bond motifs is 1. The van der Waals surface area contributed by atoms with Gasteiger partial charge in [-0.2, -0.15) is 0 Å². The number of hydrogen-bond donors (Lipinski definition) is 2. The predicted octanol–water partition coefficient (Wildman–Crippen LogP) is 0.647. The molecule has 1 atom stereocenters. The van der Waals surface area contributed by atoms with Crippen LogP contribution in [0.25, 0.3) is 0 Å². The van der Waals surface area contributed by atoms with Crippen LogP contribution in [-0.4, -0.2) is 31.5 Å². The number of imidazole rings is 1. The van der Waals surface area contributed by atoms with Crippen LogP contribution < -0.4 is 10.9 Å². The molecule has 1 amide bonds. The molecule has 0 spiro atoms. The van der Waals surface area contributed by atoms with Gasteiger partial charge in [0.05, 0.1) is 0 Å². The van der Waals surface area contributed by atoms with E-state index in [0.717, 1.165) is 25.2 Å². The highest BCUT2D eigenvalue weighted by Gasteiger charge is 2.20. The van der Waals surface area contributed by atoms with Crippen LogP contribution in [0, 0.1) is 13.8 Å². The molecule has 0 bridgehead atoms. The molecule has 2 aromatic rings. The molecule has 7 heteroatoms. The van der Waals surface area contributed by atoms with Gasteiger partial charge in [0.25, 0.3) is 5.56 Å².